The monoisotopic (exact) mass is 211 g/mol. The van der Waals surface area contributed by atoms with Crippen LogP contribution in [-0.2, 0) is 0 Å². The van der Waals surface area contributed by atoms with Crippen molar-refractivity contribution in [3.63, 3.8) is 0 Å². The summed E-state index contributed by atoms with van der Waals surface area (Å²) in [6.07, 6.45) is 7.15. The second-order valence-electron chi connectivity index (χ2n) is 4.55. The lowest BCUT2D eigenvalue weighted by molar-refractivity contribution is 0.209. The molecule has 0 amide bonds. The van der Waals surface area contributed by atoms with Crippen molar-refractivity contribution < 1.29 is 0 Å². The highest BCUT2D eigenvalue weighted by Gasteiger charge is 2.13. The highest BCUT2D eigenvalue weighted by Crippen LogP contribution is 2.12. The summed E-state index contributed by atoms with van der Waals surface area (Å²) < 4.78 is 0. The molecule has 90 valence electrons. The molecule has 2 atom stereocenters. The first-order valence-electron chi connectivity index (χ1n) is 6.56. The number of hydrogen-bond donors (Lipinski definition) is 0. The van der Waals surface area contributed by atoms with Crippen LogP contribution in [0.25, 0.3) is 0 Å². The Morgan fingerprint density at radius 2 is 1.80 bits per heavy atom. The lowest BCUT2D eigenvalue weighted by Gasteiger charge is -2.29. The maximum atomic E-state index is 3.94. The fourth-order valence-corrected chi connectivity index (χ4v) is 1.89. The first-order valence-corrected chi connectivity index (χ1v) is 6.56. The fraction of sp³-hybridized carbons (Fsp3) is 0.857. The molecule has 1 nitrogen and oxygen atoms in total. The Bertz CT molecular complexity index is 153. The summed E-state index contributed by atoms with van der Waals surface area (Å²) in [7, 11) is 0. The first-order chi connectivity index (χ1) is 7.19. The van der Waals surface area contributed by atoms with Gasteiger partial charge in [0.1, 0.15) is 0 Å². The predicted molar refractivity (Wildman–Crippen MR) is 70.2 cm³/mol. The quantitative estimate of drug-likeness (QED) is 0.519. The summed E-state index contributed by atoms with van der Waals surface area (Å²) in [5.41, 5.74) is 0. The largest absolute Gasteiger partial charge is 0.297 e. The highest BCUT2D eigenvalue weighted by atomic mass is 15.1. The van der Waals surface area contributed by atoms with Gasteiger partial charge in [0, 0.05) is 6.04 Å². The standard InChI is InChI=1S/C14H29N/c1-6-11-15(14(8-3)9-4)12-10-13(5)7-2/h8,13-14H,3,6-7,9-12H2,1-2,4-5H3. The van der Waals surface area contributed by atoms with Gasteiger partial charge in [-0.25, -0.2) is 0 Å². The molecule has 0 fully saturated rings. The summed E-state index contributed by atoms with van der Waals surface area (Å²) in [6, 6.07) is 0.578. The van der Waals surface area contributed by atoms with Crippen LogP contribution in [0.3, 0.4) is 0 Å². The molecule has 15 heavy (non-hydrogen) atoms. The Labute approximate surface area is 96.6 Å². The lowest BCUT2D eigenvalue weighted by Crippen LogP contribution is -2.35. The van der Waals surface area contributed by atoms with Gasteiger partial charge in [0.15, 0.2) is 0 Å². The SMILES string of the molecule is C=CC(CC)N(CCC)CCC(C)CC. The molecule has 0 N–H and O–H groups in total. The van der Waals surface area contributed by atoms with Crippen molar-refractivity contribution in [2.75, 3.05) is 13.1 Å². The van der Waals surface area contributed by atoms with Crippen molar-refractivity contribution in [2.24, 2.45) is 5.92 Å². The van der Waals surface area contributed by atoms with Gasteiger partial charge in [0.25, 0.3) is 0 Å². The van der Waals surface area contributed by atoms with Gasteiger partial charge in [-0.3, -0.25) is 4.90 Å². The van der Waals surface area contributed by atoms with E-state index in [-0.39, 0.29) is 0 Å². The molecule has 0 aliphatic carbocycles. The van der Waals surface area contributed by atoms with Crippen LogP contribution < -0.4 is 0 Å². The van der Waals surface area contributed by atoms with E-state index in [9.17, 15) is 0 Å². The van der Waals surface area contributed by atoms with E-state index in [0.717, 1.165) is 5.92 Å². The van der Waals surface area contributed by atoms with Gasteiger partial charge in [-0.05, 0) is 38.3 Å². The normalized spacial score (nSPS) is 15.3. The number of hydrogen-bond acceptors (Lipinski definition) is 1. The molecule has 2 unspecified atom stereocenters. The van der Waals surface area contributed by atoms with Crippen LogP contribution in [-0.4, -0.2) is 24.0 Å². The van der Waals surface area contributed by atoms with E-state index in [1.54, 1.807) is 0 Å². The topological polar surface area (TPSA) is 3.24 Å². The van der Waals surface area contributed by atoms with Crippen molar-refractivity contribution in [2.45, 2.75) is 59.4 Å². The molecule has 0 aliphatic rings. The maximum Gasteiger partial charge on any atom is 0.0272 e. The molecule has 0 bridgehead atoms. The van der Waals surface area contributed by atoms with E-state index in [4.69, 9.17) is 0 Å². The first kappa shape index (κ1) is 14.7. The molecular weight excluding hydrogens is 182 g/mol. The smallest absolute Gasteiger partial charge is 0.0272 e. The van der Waals surface area contributed by atoms with Gasteiger partial charge >= 0.3 is 0 Å². The van der Waals surface area contributed by atoms with Crippen molar-refractivity contribution in [1.82, 2.24) is 4.90 Å². The molecule has 0 aromatic carbocycles. The minimum absolute atomic E-state index is 0.578. The maximum absolute atomic E-state index is 3.94. The van der Waals surface area contributed by atoms with E-state index < -0.39 is 0 Å². The van der Waals surface area contributed by atoms with E-state index in [1.807, 2.05) is 0 Å². The lowest BCUT2D eigenvalue weighted by atomic mass is 10.0. The van der Waals surface area contributed by atoms with Crippen LogP contribution in [0.15, 0.2) is 12.7 Å². The third-order valence-electron chi connectivity index (χ3n) is 3.28. The summed E-state index contributed by atoms with van der Waals surface area (Å²) in [6.45, 7) is 15.5. The molecule has 0 radical (unpaired) electrons. The van der Waals surface area contributed by atoms with Crippen LogP contribution in [0, 0.1) is 5.92 Å². The Balaban J connectivity index is 4.07. The van der Waals surface area contributed by atoms with Crippen LogP contribution in [0.5, 0.6) is 0 Å². The second-order valence-corrected chi connectivity index (χ2v) is 4.55. The summed E-state index contributed by atoms with van der Waals surface area (Å²) in [5, 5.41) is 0. The molecule has 0 aromatic heterocycles. The van der Waals surface area contributed by atoms with Gasteiger partial charge in [-0.15, -0.1) is 6.58 Å². The van der Waals surface area contributed by atoms with Crippen LogP contribution in [0.1, 0.15) is 53.4 Å². The molecule has 0 rings (SSSR count). The summed E-state index contributed by atoms with van der Waals surface area (Å²) >= 11 is 0. The number of rotatable bonds is 9. The average molecular weight is 211 g/mol. The molecule has 1 heteroatoms. The Hall–Kier alpha value is -0.300. The third kappa shape index (κ3) is 5.99. The predicted octanol–water partition coefficient (Wildman–Crippen LogP) is 4.10. The molecule has 0 spiro atoms. The molecule has 0 heterocycles. The highest BCUT2D eigenvalue weighted by molar-refractivity contribution is 4.86. The van der Waals surface area contributed by atoms with Gasteiger partial charge in [0.2, 0.25) is 0 Å². The zero-order valence-electron chi connectivity index (χ0n) is 11.1. The number of nitrogens with zero attached hydrogens (tertiary/aromatic N) is 1. The molecule has 0 saturated heterocycles. The van der Waals surface area contributed by atoms with Crippen LogP contribution >= 0.6 is 0 Å². The second kappa shape index (κ2) is 8.96. The Kier molecular flexibility index (Phi) is 8.79. The van der Waals surface area contributed by atoms with Gasteiger partial charge < -0.3 is 0 Å². The van der Waals surface area contributed by atoms with Crippen molar-refractivity contribution in [1.29, 1.82) is 0 Å². The molecule has 0 aromatic rings. The van der Waals surface area contributed by atoms with Gasteiger partial charge in [-0.2, -0.15) is 0 Å². The fourth-order valence-electron chi connectivity index (χ4n) is 1.89. The van der Waals surface area contributed by atoms with Crippen molar-refractivity contribution in [3.8, 4) is 0 Å². The van der Waals surface area contributed by atoms with E-state index >= 15 is 0 Å². The Morgan fingerprint density at radius 3 is 2.20 bits per heavy atom. The summed E-state index contributed by atoms with van der Waals surface area (Å²) in [5.74, 6) is 0.853. The zero-order chi connectivity index (χ0) is 11.7. The van der Waals surface area contributed by atoms with E-state index in [0.29, 0.717) is 6.04 Å². The van der Waals surface area contributed by atoms with Crippen LogP contribution in [0.4, 0.5) is 0 Å². The van der Waals surface area contributed by atoms with Crippen molar-refractivity contribution >= 4 is 0 Å². The van der Waals surface area contributed by atoms with Crippen molar-refractivity contribution in [3.05, 3.63) is 12.7 Å². The van der Waals surface area contributed by atoms with E-state index in [1.165, 1.54) is 38.8 Å². The zero-order valence-corrected chi connectivity index (χ0v) is 11.1. The van der Waals surface area contributed by atoms with Gasteiger partial charge in [-0.1, -0.05) is 40.2 Å². The minimum atomic E-state index is 0.578. The van der Waals surface area contributed by atoms with E-state index in [2.05, 4.69) is 45.2 Å². The van der Waals surface area contributed by atoms with Crippen LogP contribution in [0.2, 0.25) is 0 Å². The average Bonchev–Trinajstić information content (AvgIpc) is 2.26. The third-order valence-corrected chi connectivity index (χ3v) is 3.28. The van der Waals surface area contributed by atoms with Gasteiger partial charge in [0.05, 0.1) is 0 Å². The molecular formula is C14H29N. The Morgan fingerprint density at radius 1 is 1.13 bits per heavy atom. The summed E-state index contributed by atoms with van der Waals surface area (Å²) in [4.78, 5) is 2.58. The minimum Gasteiger partial charge on any atom is -0.297 e. The molecule has 0 aliphatic heterocycles. The molecule has 0 saturated carbocycles.